The molecule has 9 nitrogen and oxygen atoms in total. The molecule has 0 radical (unpaired) electrons. The van der Waals surface area contributed by atoms with E-state index in [-0.39, 0.29) is 13.0 Å². The van der Waals surface area contributed by atoms with E-state index in [1.54, 1.807) is 48.7 Å². The minimum atomic E-state index is -1.40. The van der Waals surface area contributed by atoms with Crippen LogP contribution in [0.5, 0.6) is 0 Å². The number of hydrogen-bond donors (Lipinski definition) is 3. The quantitative estimate of drug-likeness (QED) is 0.513. The molecule has 0 unspecified atom stereocenters. The summed E-state index contributed by atoms with van der Waals surface area (Å²) in [7, 11) is 0. The van der Waals surface area contributed by atoms with Gasteiger partial charge in [-0.25, -0.2) is 4.79 Å². The molecule has 1 fully saturated rings. The van der Waals surface area contributed by atoms with Crippen molar-refractivity contribution >= 4 is 23.7 Å². The molecule has 3 rings (SSSR count). The second-order valence-corrected chi connectivity index (χ2v) is 7.35. The van der Waals surface area contributed by atoms with Crippen molar-refractivity contribution in [3.05, 3.63) is 66.0 Å². The molecule has 0 saturated heterocycles. The van der Waals surface area contributed by atoms with Gasteiger partial charge >= 0.3 is 6.09 Å². The summed E-state index contributed by atoms with van der Waals surface area (Å²) in [5.41, 5.74) is 5.06. The number of nitrogens with zero attached hydrogens (tertiary/aromatic N) is 1. The standard InChI is InChI=1S/C22H24N4O5/c23-21(30)31-22(10-6-11-22)20(29)26-17(13-15-7-2-1-3-8-15)18(27)19(28)25-14-16-9-4-5-12-24-16/h1-5,7-9,12,17H,6,10-11,13-14H2,(H2,23,30)(H,25,28)(H,26,29)/t17-/m1/s1. The molecule has 1 aromatic heterocycles. The molecule has 1 heterocycles. The van der Waals surface area contributed by atoms with E-state index in [2.05, 4.69) is 15.6 Å². The second-order valence-electron chi connectivity index (χ2n) is 7.35. The zero-order chi connectivity index (χ0) is 22.3. The van der Waals surface area contributed by atoms with Crippen molar-refractivity contribution in [1.82, 2.24) is 15.6 Å². The first-order valence-electron chi connectivity index (χ1n) is 9.95. The van der Waals surface area contributed by atoms with Crippen LogP contribution in [-0.2, 0) is 32.1 Å². The van der Waals surface area contributed by atoms with Crippen LogP contribution in [0.4, 0.5) is 4.79 Å². The number of carbonyl (C=O) groups is 4. The van der Waals surface area contributed by atoms with Crippen LogP contribution in [0.15, 0.2) is 54.7 Å². The highest BCUT2D eigenvalue weighted by atomic mass is 16.6. The van der Waals surface area contributed by atoms with Gasteiger partial charge in [0.2, 0.25) is 5.78 Å². The molecule has 1 saturated carbocycles. The summed E-state index contributed by atoms with van der Waals surface area (Å²) in [6, 6.07) is 13.1. The fourth-order valence-corrected chi connectivity index (χ4v) is 3.33. The van der Waals surface area contributed by atoms with Crippen molar-refractivity contribution in [3.63, 3.8) is 0 Å². The molecule has 4 N–H and O–H groups in total. The van der Waals surface area contributed by atoms with Gasteiger partial charge in [-0.15, -0.1) is 0 Å². The van der Waals surface area contributed by atoms with E-state index >= 15 is 0 Å². The lowest BCUT2D eigenvalue weighted by Crippen LogP contribution is -2.59. The normalized spacial score (nSPS) is 15.1. The van der Waals surface area contributed by atoms with Crippen molar-refractivity contribution in [1.29, 1.82) is 0 Å². The molecule has 1 aromatic carbocycles. The van der Waals surface area contributed by atoms with Crippen LogP contribution >= 0.6 is 0 Å². The number of Topliss-reactive ketones (excluding diaryl/α,β-unsaturated/α-hetero) is 1. The largest absolute Gasteiger partial charge is 0.433 e. The molecule has 0 bridgehead atoms. The second kappa shape index (κ2) is 9.84. The zero-order valence-corrected chi connectivity index (χ0v) is 16.9. The van der Waals surface area contributed by atoms with E-state index in [1.807, 2.05) is 6.07 Å². The van der Waals surface area contributed by atoms with Gasteiger partial charge in [0.1, 0.15) is 6.04 Å². The van der Waals surface area contributed by atoms with Gasteiger partial charge in [0.05, 0.1) is 12.2 Å². The molecule has 0 aliphatic heterocycles. The summed E-state index contributed by atoms with van der Waals surface area (Å²) in [5.74, 6) is -2.28. The molecule has 3 amide bonds. The Morgan fingerprint density at radius 2 is 1.77 bits per heavy atom. The SMILES string of the molecule is NC(=O)OC1(C(=O)N[C@H](Cc2ccccc2)C(=O)C(=O)NCc2ccccn2)CCC1. The molecule has 0 spiro atoms. The third-order valence-corrected chi connectivity index (χ3v) is 5.16. The number of pyridine rings is 1. The van der Waals surface area contributed by atoms with Gasteiger partial charge in [-0.05, 0) is 37.0 Å². The van der Waals surface area contributed by atoms with E-state index in [9.17, 15) is 19.2 Å². The molecule has 31 heavy (non-hydrogen) atoms. The van der Waals surface area contributed by atoms with Crippen LogP contribution in [0.25, 0.3) is 0 Å². The van der Waals surface area contributed by atoms with Gasteiger partial charge in [-0.3, -0.25) is 19.4 Å². The fraction of sp³-hybridized carbons (Fsp3) is 0.318. The van der Waals surface area contributed by atoms with Crippen LogP contribution in [0.3, 0.4) is 0 Å². The number of benzene rings is 1. The summed E-state index contributed by atoms with van der Waals surface area (Å²) in [6.45, 7) is 0.0755. The lowest BCUT2D eigenvalue weighted by molar-refractivity contribution is -0.151. The van der Waals surface area contributed by atoms with Gasteiger partial charge in [0.15, 0.2) is 5.60 Å². The topological polar surface area (TPSA) is 140 Å². The third kappa shape index (κ3) is 5.65. The Morgan fingerprint density at radius 3 is 2.35 bits per heavy atom. The lowest BCUT2D eigenvalue weighted by atomic mass is 9.79. The smallest absolute Gasteiger partial charge is 0.405 e. The predicted molar refractivity (Wildman–Crippen MR) is 110 cm³/mol. The monoisotopic (exact) mass is 424 g/mol. The average Bonchev–Trinajstić information content (AvgIpc) is 2.74. The zero-order valence-electron chi connectivity index (χ0n) is 16.9. The number of nitrogens with one attached hydrogen (secondary N) is 2. The fourth-order valence-electron chi connectivity index (χ4n) is 3.33. The minimum Gasteiger partial charge on any atom is -0.433 e. The van der Waals surface area contributed by atoms with Crippen LogP contribution < -0.4 is 16.4 Å². The van der Waals surface area contributed by atoms with Crippen molar-refractivity contribution in [2.45, 2.75) is 43.9 Å². The molecule has 1 aliphatic carbocycles. The summed E-state index contributed by atoms with van der Waals surface area (Å²) in [4.78, 5) is 53.6. The highest BCUT2D eigenvalue weighted by molar-refractivity contribution is 6.38. The van der Waals surface area contributed by atoms with Crippen LogP contribution in [-0.4, -0.2) is 40.3 Å². The number of primary amides is 1. The third-order valence-electron chi connectivity index (χ3n) is 5.16. The lowest BCUT2D eigenvalue weighted by Gasteiger charge is -2.39. The van der Waals surface area contributed by atoms with E-state index in [0.29, 0.717) is 25.0 Å². The van der Waals surface area contributed by atoms with Crippen molar-refractivity contribution in [3.8, 4) is 0 Å². The maximum Gasteiger partial charge on any atom is 0.405 e. The molecule has 2 aromatic rings. The first kappa shape index (κ1) is 21.9. The molecule has 9 heteroatoms. The Morgan fingerprint density at radius 1 is 1.06 bits per heavy atom. The van der Waals surface area contributed by atoms with E-state index < -0.39 is 35.3 Å². The Bertz CT molecular complexity index is 945. The minimum absolute atomic E-state index is 0.0755. The van der Waals surface area contributed by atoms with Gasteiger partial charge in [0, 0.05) is 12.6 Å². The van der Waals surface area contributed by atoms with Crippen molar-refractivity contribution in [2.75, 3.05) is 0 Å². The number of hydrogen-bond acceptors (Lipinski definition) is 6. The molecule has 162 valence electrons. The van der Waals surface area contributed by atoms with E-state index in [1.165, 1.54) is 0 Å². The number of amides is 3. The first-order valence-corrected chi connectivity index (χ1v) is 9.95. The Labute approximate surface area is 179 Å². The summed E-state index contributed by atoms with van der Waals surface area (Å²) < 4.78 is 5.04. The highest BCUT2D eigenvalue weighted by Crippen LogP contribution is 2.36. The summed E-state index contributed by atoms with van der Waals surface area (Å²) in [6.07, 6.45) is 1.92. The number of nitrogens with two attached hydrogens (primary N) is 1. The highest BCUT2D eigenvalue weighted by Gasteiger charge is 2.49. The maximum absolute atomic E-state index is 12.9. The molecule has 1 atom stereocenters. The van der Waals surface area contributed by atoms with Crippen LogP contribution in [0.2, 0.25) is 0 Å². The maximum atomic E-state index is 12.9. The summed E-state index contributed by atoms with van der Waals surface area (Å²) in [5, 5.41) is 5.12. The van der Waals surface area contributed by atoms with E-state index in [4.69, 9.17) is 10.5 Å². The first-order chi connectivity index (χ1) is 14.9. The van der Waals surface area contributed by atoms with Gasteiger partial charge < -0.3 is 21.1 Å². The molecule has 1 aliphatic rings. The number of ether oxygens (including phenoxy) is 1. The summed E-state index contributed by atoms with van der Waals surface area (Å²) >= 11 is 0. The number of aromatic nitrogens is 1. The Balaban J connectivity index is 1.72. The van der Waals surface area contributed by atoms with Crippen molar-refractivity contribution in [2.24, 2.45) is 5.73 Å². The average molecular weight is 424 g/mol. The molecular weight excluding hydrogens is 400 g/mol. The predicted octanol–water partition coefficient (Wildman–Crippen LogP) is 1.01. The van der Waals surface area contributed by atoms with E-state index in [0.717, 1.165) is 5.56 Å². The molecular formula is C22H24N4O5. The van der Waals surface area contributed by atoms with Gasteiger partial charge in [0.25, 0.3) is 11.8 Å². The Kier molecular flexibility index (Phi) is 6.96. The van der Waals surface area contributed by atoms with Gasteiger partial charge in [-0.2, -0.15) is 0 Å². The van der Waals surface area contributed by atoms with Crippen LogP contribution in [0.1, 0.15) is 30.5 Å². The van der Waals surface area contributed by atoms with Crippen LogP contribution in [0, 0.1) is 0 Å². The number of carbonyl (C=O) groups excluding carboxylic acids is 4. The number of ketones is 1. The number of rotatable bonds is 9. The van der Waals surface area contributed by atoms with Crippen molar-refractivity contribution < 1.29 is 23.9 Å². The van der Waals surface area contributed by atoms with Gasteiger partial charge in [-0.1, -0.05) is 36.4 Å². The Hall–Kier alpha value is -3.75.